The van der Waals surface area contributed by atoms with Gasteiger partial charge < -0.3 is 15.0 Å². The van der Waals surface area contributed by atoms with Gasteiger partial charge in [-0.25, -0.2) is 8.42 Å². The van der Waals surface area contributed by atoms with Gasteiger partial charge in [0.2, 0.25) is 0 Å². The minimum atomic E-state index is -3.40. The number of ether oxygens (including phenoxy) is 1. The second-order valence-corrected chi connectivity index (χ2v) is 9.93. The second kappa shape index (κ2) is 7.61. The van der Waals surface area contributed by atoms with Crippen LogP contribution in [-0.2, 0) is 14.8 Å². The minimum Gasteiger partial charge on any atom is -0.381 e. The van der Waals surface area contributed by atoms with Gasteiger partial charge >= 0.3 is 0 Å². The van der Waals surface area contributed by atoms with Gasteiger partial charge in [0, 0.05) is 52.3 Å². The van der Waals surface area contributed by atoms with Crippen LogP contribution in [0.3, 0.4) is 0 Å². The Morgan fingerprint density at radius 1 is 1.52 bits per heavy atom. The predicted octanol–water partition coefficient (Wildman–Crippen LogP) is 1.06. The zero-order valence-corrected chi connectivity index (χ0v) is 16.4. The Balaban J connectivity index is 1.51. The van der Waals surface area contributed by atoms with Crippen LogP contribution in [0.5, 0.6) is 0 Å². The number of aliphatic imine (C=N–C) groups is 1. The fourth-order valence-corrected chi connectivity index (χ4v) is 5.80. The number of guanidine groups is 1. The molecule has 3 heterocycles. The molecular weight excluding hydrogens is 360 g/mol. The highest BCUT2D eigenvalue weighted by molar-refractivity contribution is 7.91. The number of hydrogen-bond acceptors (Lipinski definition) is 5. The Morgan fingerprint density at radius 2 is 2.36 bits per heavy atom. The summed E-state index contributed by atoms with van der Waals surface area (Å²) in [5.41, 5.74) is 0.275. The number of likely N-dealkylation sites (N-methyl/N-ethyl adjacent to an activating group) is 1. The molecule has 9 heteroatoms. The summed E-state index contributed by atoms with van der Waals surface area (Å²) in [5.74, 6) is 0.839. The van der Waals surface area contributed by atoms with Gasteiger partial charge in [-0.3, -0.25) is 4.99 Å². The molecule has 2 aliphatic heterocycles. The number of nitrogens with zero attached hydrogens (tertiary/aromatic N) is 3. The number of hydrogen-bond donors (Lipinski definition) is 1. The largest absolute Gasteiger partial charge is 0.381 e. The number of sulfonamides is 1. The van der Waals surface area contributed by atoms with Gasteiger partial charge in [0.1, 0.15) is 4.21 Å². The zero-order valence-electron chi connectivity index (χ0n) is 14.8. The molecule has 140 valence electrons. The Kier molecular flexibility index (Phi) is 5.67. The van der Waals surface area contributed by atoms with E-state index in [-0.39, 0.29) is 5.41 Å². The molecule has 2 fully saturated rings. The maximum Gasteiger partial charge on any atom is 0.252 e. The lowest BCUT2D eigenvalue weighted by molar-refractivity contribution is 0.156. The topological polar surface area (TPSA) is 74.2 Å². The van der Waals surface area contributed by atoms with E-state index in [1.54, 1.807) is 31.6 Å². The van der Waals surface area contributed by atoms with Crippen molar-refractivity contribution < 1.29 is 13.2 Å². The highest BCUT2D eigenvalue weighted by atomic mass is 32.2. The molecule has 1 unspecified atom stereocenters. The Morgan fingerprint density at radius 3 is 3.00 bits per heavy atom. The van der Waals surface area contributed by atoms with E-state index in [9.17, 15) is 8.42 Å². The van der Waals surface area contributed by atoms with Crippen LogP contribution in [0, 0.1) is 5.41 Å². The molecule has 1 aromatic heterocycles. The summed E-state index contributed by atoms with van der Waals surface area (Å²) in [6, 6.07) is 3.39. The molecule has 0 radical (unpaired) electrons. The van der Waals surface area contributed by atoms with Crippen LogP contribution in [-0.4, -0.2) is 77.1 Å². The average Bonchev–Trinajstić information content (AvgIpc) is 3.35. The van der Waals surface area contributed by atoms with Crippen molar-refractivity contribution in [2.45, 2.75) is 17.1 Å². The summed E-state index contributed by atoms with van der Waals surface area (Å²) in [7, 11) is -0.0160. The summed E-state index contributed by atoms with van der Waals surface area (Å²) >= 11 is 1.24. The number of rotatable bonds is 5. The van der Waals surface area contributed by atoms with Crippen molar-refractivity contribution >= 4 is 27.3 Å². The first kappa shape index (κ1) is 18.6. The quantitative estimate of drug-likeness (QED) is 0.605. The summed E-state index contributed by atoms with van der Waals surface area (Å²) < 4.78 is 32.2. The Hall–Kier alpha value is -1.16. The van der Waals surface area contributed by atoms with Crippen molar-refractivity contribution in [3.8, 4) is 0 Å². The van der Waals surface area contributed by atoms with E-state index in [2.05, 4.69) is 15.2 Å². The molecule has 25 heavy (non-hydrogen) atoms. The maximum absolute atomic E-state index is 12.4. The lowest BCUT2D eigenvalue weighted by Crippen LogP contribution is -2.44. The Bertz CT molecular complexity index is 697. The molecule has 0 aromatic carbocycles. The first-order chi connectivity index (χ1) is 12.0. The van der Waals surface area contributed by atoms with E-state index >= 15 is 0 Å². The molecule has 0 amide bonds. The molecule has 1 aromatic rings. The van der Waals surface area contributed by atoms with E-state index in [1.807, 2.05) is 0 Å². The molecular formula is C16H26N4O3S2. The molecule has 2 saturated heterocycles. The van der Waals surface area contributed by atoms with Gasteiger partial charge in [-0.1, -0.05) is 6.07 Å². The zero-order chi connectivity index (χ0) is 17.9. The Labute approximate surface area is 153 Å². The van der Waals surface area contributed by atoms with Crippen LogP contribution in [0.15, 0.2) is 26.7 Å². The van der Waals surface area contributed by atoms with Crippen molar-refractivity contribution in [2.24, 2.45) is 10.4 Å². The normalized spacial score (nSPS) is 24.6. The van der Waals surface area contributed by atoms with E-state index < -0.39 is 10.0 Å². The smallest absolute Gasteiger partial charge is 0.252 e. The average molecular weight is 387 g/mol. The molecule has 0 bridgehead atoms. The number of thiophene rings is 1. The van der Waals surface area contributed by atoms with Crippen LogP contribution in [0.1, 0.15) is 12.8 Å². The SMILES string of the molecule is CN=C(NCCN(C)S(=O)(=O)c1cccs1)N1CCC2(CCOC2)C1. The first-order valence-corrected chi connectivity index (χ1v) is 10.8. The summed E-state index contributed by atoms with van der Waals surface area (Å²) in [5, 5.41) is 5.07. The molecule has 1 atom stereocenters. The van der Waals surface area contributed by atoms with Gasteiger partial charge in [-0.05, 0) is 24.3 Å². The summed E-state index contributed by atoms with van der Waals surface area (Å²) in [6.07, 6.45) is 2.24. The van der Waals surface area contributed by atoms with Crippen LogP contribution in [0.2, 0.25) is 0 Å². The van der Waals surface area contributed by atoms with Crippen LogP contribution in [0.4, 0.5) is 0 Å². The van der Waals surface area contributed by atoms with Gasteiger partial charge in [0.25, 0.3) is 10.0 Å². The third kappa shape index (κ3) is 3.99. The van der Waals surface area contributed by atoms with E-state index in [0.29, 0.717) is 17.3 Å². The minimum absolute atomic E-state index is 0.275. The van der Waals surface area contributed by atoms with Crippen molar-refractivity contribution in [3.05, 3.63) is 17.5 Å². The van der Waals surface area contributed by atoms with Gasteiger partial charge in [0.05, 0.1) is 6.61 Å². The van der Waals surface area contributed by atoms with Crippen molar-refractivity contribution in [1.29, 1.82) is 0 Å². The summed E-state index contributed by atoms with van der Waals surface area (Å²) in [4.78, 5) is 6.61. The monoisotopic (exact) mass is 386 g/mol. The van der Waals surface area contributed by atoms with Crippen LogP contribution < -0.4 is 5.32 Å². The van der Waals surface area contributed by atoms with Crippen molar-refractivity contribution in [2.75, 3.05) is 53.5 Å². The lowest BCUT2D eigenvalue weighted by Gasteiger charge is -2.25. The van der Waals surface area contributed by atoms with Crippen LogP contribution in [0.25, 0.3) is 0 Å². The van der Waals surface area contributed by atoms with Crippen molar-refractivity contribution in [3.63, 3.8) is 0 Å². The van der Waals surface area contributed by atoms with E-state index in [4.69, 9.17) is 4.74 Å². The first-order valence-electron chi connectivity index (χ1n) is 8.50. The van der Waals surface area contributed by atoms with Gasteiger partial charge in [-0.2, -0.15) is 4.31 Å². The summed E-state index contributed by atoms with van der Waals surface area (Å²) in [6.45, 7) is 4.52. The standard InChI is InChI=1S/C16H26N4O3S2/c1-17-15(20-8-5-16(12-20)6-10-23-13-16)18-7-9-19(2)25(21,22)14-4-3-11-24-14/h3-4,11H,5-10,12-13H2,1-2H3,(H,17,18). The second-order valence-electron chi connectivity index (χ2n) is 6.71. The van der Waals surface area contributed by atoms with E-state index in [1.165, 1.54) is 15.6 Å². The molecule has 7 nitrogen and oxygen atoms in total. The molecule has 0 aliphatic carbocycles. The molecule has 3 rings (SSSR count). The molecule has 2 aliphatic rings. The molecule has 1 N–H and O–H groups in total. The molecule has 1 spiro atoms. The lowest BCUT2D eigenvalue weighted by atomic mass is 9.87. The maximum atomic E-state index is 12.4. The third-order valence-corrected chi connectivity index (χ3v) is 8.23. The third-order valence-electron chi connectivity index (χ3n) is 5.00. The van der Waals surface area contributed by atoms with Crippen molar-refractivity contribution in [1.82, 2.24) is 14.5 Å². The van der Waals surface area contributed by atoms with Gasteiger partial charge in [0.15, 0.2) is 5.96 Å². The number of likely N-dealkylation sites (tertiary alicyclic amines) is 1. The van der Waals surface area contributed by atoms with Gasteiger partial charge in [-0.15, -0.1) is 11.3 Å². The number of nitrogens with one attached hydrogen (secondary N) is 1. The predicted molar refractivity (Wildman–Crippen MR) is 99.6 cm³/mol. The highest BCUT2D eigenvalue weighted by Gasteiger charge is 2.42. The fourth-order valence-electron chi connectivity index (χ4n) is 3.43. The van der Waals surface area contributed by atoms with Crippen LogP contribution >= 0.6 is 11.3 Å². The van der Waals surface area contributed by atoms with E-state index in [0.717, 1.165) is 45.1 Å². The fraction of sp³-hybridized carbons (Fsp3) is 0.688. The molecule has 0 saturated carbocycles. The highest BCUT2D eigenvalue weighted by Crippen LogP contribution is 2.38.